The summed E-state index contributed by atoms with van der Waals surface area (Å²) in [6.07, 6.45) is -2.52. The highest BCUT2D eigenvalue weighted by Crippen LogP contribution is 2.36. The van der Waals surface area contributed by atoms with E-state index < -0.39 is 17.6 Å². The molecule has 2 aliphatic heterocycles. The molecule has 0 aliphatic carbocycles. The predicted octanol–water partition coefficient (Wildman–Crippen LogP) is 5.65. The highest BCUT2D eigenvalue weighted by atomic mass is 35.5. The molecule has 1 amide bonds. The molecule has 0 spiro atoms. The molecule has 2 atom stereocenters. The molecular formula is C28H34Cl2F4N4O. The number of nitrogens with zero attached hydrogens (tertiary/aromatic N) is 3. The van der Waals surface area contributed by atoms with Crippen molar-refractivity contribution in [3.05, 3.63) is 69.0 Å². The van der Waals surface area contributed by atoms with Crippen molar-refractivity contribution in [1.29, 1.82) is 0 Å². The zero-order chi connectivity index (χ0) is 28.2. The first-order valence-electron chi connectivity index (χ1n) is 13.2. The van der Waals surface area contributed by atoms with Gasteiger partial charge in [0.1, 0.15) is 5.82 Å². The summed E-state index contributed by atoms with van der Waals surface area (Å²) in [7, 11) is 1.84. The number of nitrogens with one attached hydrogen (secondary N) is 1. The molecular weight excluding hydrogens is 555 g/mol. The summed E-state index contributed by atoms with van der Waals surface area (Å²) in [5.41, 5.74) is 0.0691. The SMILES string of the molecule is CN(Cc1ccc(C(F)(F)F)c(F)c1)[C@H]1CN(C(=O)CCCCN2CCNCC2)C[C@@H]1c1ccc(Cl)c(Cl)c1. The fourth-order valence-electron chi connectivity index (χ4n) is 5.50. The Hall–Kier alpha value is -1.91. The normalized spacial score (nSPS) is 20.7. The van der Waals surface area contributed by atoms with Crippen molar-refractivity contribution in [3.63, 3.8) is 0 Å². The van der Waals surface area contributed by atoms with E-state index in [-0.39, 0.29) is 24.4 Å². The molecule has 0 aromatic heterocycles. The lowest BCUT2D eigenvalue weighted by Gasteiger charge is -2.29. The van der Waals surface area contributed by atoms with E-state index >= 15 is 0 Å². The van der Waals surface area contributed by atoms with Gasteiger partial charge in [-0.1, -0.05) is 35.3 Å². The van der Waals surface area contributed by atoms with Gasteiger partial charge >= 0.3 is 6.18 Å². The highest BCUT2D eigenvalue weighted by molar-refractivity contribution is 6.42. The van der Waals surface area contributed by atoms with Crippen LogP contribution in [0.3, 0.4) is 0 Å². The van der Waals surface area contributed by atoms with Gasteiger partial charge in [-0.15, -0.1) is 0 Å². The third kappa shape index (κ3) is 7.85. The Morgan fingerprint density at radius 2 is 1.79 bits per heavy atom. The molecule has 2 saturated heterocycles. The molecule has 0 unspecified atom stereocenters. The van der Waals surface area contributed by atoms with Gasteiger partial charge in [-0.2, -0.15) is 13.2 Å². The number of carbonyl (C=O) groups excluding carboxylic acids is 1. The minimum absolute atomic E-state index is 0.0804. The van der Waals surface area contributed by atoms with Crippen molar-refractivity contribution in [2.45, 2.75) is 43.9 Å². The Kier molecular flexibility index (Phi) is 10.1. The highest BCUT2D eigenvalue weighted by Gasteiger charge is 2.39. The maximum atomic E-state index is 14.2. The van der Waals surface area contributed by atoms with Crippen LogP contribution >= 0.6 is 23.2 Å². The smallest absolute Gasteiger partial charge is 0.340 e. The molecule has 2 aliphatic rings. The molecule has 5 nitrogen and oxygen atoms in total. The van der Waals surface area contributed by atoms with Crippen molar-refractivity contribution in [1.82, 2.24) is 20.0 Å². The largest absolute Gasteiger partial charge is 0.419 e. The van der Waals surface area contributed by atoms with Crippen molar-refractivity contribution in [3.8, 4) is 0 Å². The van der Waals surface area contributed by atoms with E-state index in [0.717, 1.165) is 63.3 Å². The lowest BCUT2D eigenvalue weighted by atomic mass is 9.93. The lowest BCUT2D eigenvalue weighted by Crippen LogP contribution is -2.43. The zero-order valence-corrected chi connectivity index (χ0v) is 23.4. The molecule has 0 bridgehead atoms. The minimum Gasteiger partial charge on any atom is -0.340 e. The minimum atomic E-state index is -4.75. The second kappa shape index (κ2) is 13.2. The van der Waals surface area contributed by atoms with Crippen LogP contribution in [-0.2, 0) is 17.5 Å². The Labute approximate surface area is 237 Å². The summed E-state index contributed by atoms with van der Waals surface area (Å²) in [5, 5.41) is 4.18. The first-order valence-corrected chi connectivity index (χ1v) is 14.0. The van der Waals surface area contributed by atoms with Crippen molar-refractivity contribution < 1.29 is 22.4 Å². The number of benzene rings is 2. The van der Waals surface area contributed by atoms with Crippen LogP contribution in [-0.4, -0.2) is 79.5 Å². The van der Waals surface area contributed by atoms with Crippen LogP contribution in [0.2, 0.25) is 10.0 Å². The number of hydrogen-bond acceptors (Lipinski definition) is 4. The molecule has 2 aromatic rings. The Morgan fingerprint density at radius 3 is 2.46 bits per heavy atom. The van der Waals surface area contributed by atoms with Crippen LogP contribution in [0.1, 0.15) is 41.9 Å². The van der Waals surface area contributed by atoms with Gasteiger partial charge in [0.2, 0.25) is 5.91 Å². The van der Waals surface area contributed by atoms with Crippen LogP contribution in [0.5, 0.6) is 0 Å². The molecule has 39 heavy (non-hydrogen) atoms. The summed E-state index contributed by atoms with van der Waals surface area (Å²) in [4.78, 5) is 19.4. The average Bonchev–Trinajstić information content (AvgIpc) is 3.34. The fourth-order valence-corrected chi connectivity index (χ4v) is 5.81. The van der Waals surface area contributed by atoms with Crippen LogP contribution in [0.15, 0.2) is 36.4 Å². The van der Waals surface area contributed by atoms with E-state index in [1.54, 1.807) is 12.1 Å². The van der Waals surface area contributed by atoms with Crippen LogP contribution < -0.4 is 5.32 Å². The first kappa shape index (κ1) is 30.1. The molecule has 0 radical (unpaired) electrons. The molecule has 11 heteroatoms. The molecule has 2 aromatic carbocycles. The number of amides is 1. The Morgan fingerprint density at radius 1 is 1.05 bits per heavy atom. The summed E-state index contributed by atoms with van der Waals surface area (Å²) < 4.78 is 53.2. The van der Waals surface area contributed by atoms with E-state index in [2.05, 4.69) is 10.2 Å². The Bertz CT molecular complexity index is 1140. The molecule has 4 rings (SSSR count). The summed E-state index contributed by atoms with van der Waals surface area (Å²) in [5.74, 6) is -1.30. The van der Waals surface area contributed by atoms with Gasteiger partial charge < -0.3 is 15.1 Å². The monoisotopic (exact) mass is 588 g/mol. The van der Waals surface area contributed by atoms with E-state index in [0.29, 0.717) is 35.1 Å². The number of carbonyl (C=O) groups is 1. The van der Waals surface area contributed by atoms with Crippen LogP contribution in [0, 0.1) is 5.82 Å². The number of halogens is 6. The number of likely N-dealkylation sites (tertiary alicyclic amines) is 1. The quantitative estimate of drug-likeness (QED) is 0.303. The van der Waals surface area contributed by atoms with Crippen molar-refractivity contribution >= 4 is 29.1 Å². The van der Waals surface area contributed by atoms with Crippen LogP contribution in [0.4, 0.5) is 17.6 Å². The van der Waals surface area contributed by atoms with Gasteiger partial charge in [0.25, 0.3) is 0 Å². The third-order valence-corrected chi connectivity index (χ3v) is 8.41. The molecule has 0 saturated carbocycles. The Balaban J connectivity index is 1.43. The van der Waals surface area contributed by atoms with Crippen LogP contribution in [0.25, 0.3) is 0 Å². The van der Waals surface area contributed by atoms with E-state index in [9.17, 15) is 22.4 Å². The fraction of sp³-hybridized carbons (Fsp3) is 0.536. The molecule has 1 N–H and O–H groups in total. The lowest BCUT2D eigenvalue weighted by molar-refractivity contribution is -0.140. The third-order valence-electron chi connectivity index (χ3n) is 7.68. The number of hydrogen-bond donors (Lipinski definition) is 1. The number of rotatable bonds is 9. The van der Waals surface area contributed by atoms with Gasteiger partial charge in [-0.05, 0) is 61.8 Å². The van der Waals surface area contributed by atoms with Gasteiger partial charge in [0.15, 0.2) is 0 Å². The second-order valence-electron chi connectivity index (χ2n) is 10.4. The van der Waals surface area contributed by atoms with Gasteiger partial charge in [0.05, 0.1) is 15.6 Å². The summed E-state index contributed by atoms with van der Waals surface area (Å²) in [6, 6.07) is 8.28. The van der Waals surface area contributed by atoms with E-state index in [1.807, 2.05) is 22.9 Å². The summed E-state index contributed by atoms with van der Waals surface area (Å²) in [6.45, 7) is 6.21. The molecule has 214 valence electrons. The summed E-state index contributed by atoms with van der Waals surface area (Å²) >= 11 is 12.4. The van der Waals surface area contributed by atoms with E-state index in [4.69, 9.17) is 23.2 Å². The first-order chi connectivity index (χ1) is 18.5. The average molecular weight is 590 g/mol. The topological polar surface area (TPSA) is 38.8 Å². The van der Waals surface area contributed by atoms with Gasteiger partial charge in [-0.3, -0.25) is 9.69 Å². The molecule has 2 heterocycles. The number of likely N-dealkylation sites (N-methyl/N-ethyl adjacent to an activating group) is 1. The van der Waals surface area contributed by atoms with Gasteiger partial charge in [0, 0.05) is 64.2 Å². The van der Waals surface area contributed by atoms with Crippen molar-refractivity contribution in [2.24, 2.45) is 0 Å². The number of piperazine rings is 1. The van der Waals surface area contributed by atoms with Crippen molar-refractivity contribution in [2.75, 3.05) is 52.9 Å². The second-order valence-corrected chi connectivity index (χ2v) is 11.2. The molecule has 2 fully saturated rings. The number of unbranched alkanes of at least 4 members (excludes halogenated alkanes) is 1. The maximum absolute atomic E-state index is 14.2. The van der Waals surface area contributed by atoms with E-state index in [1.165, 1.54) is 6.07 Å². The predicted molar refractivity (Wildman–Crippen MR) is 146 cm³/mol. The standard InChI is InChI=1S/C28H34Cl2F4N4O/c1-36(16-19-5-7-22(25(31)14-19)28(32,33)34)26-18-38(17-21(26)20-6-8-23(29)24(30)15-20)27(39)4-2-3-11-37-12-9-35-10-13-37/h5-8,14-15,21,26,35H,2-4,9-13,16-18H2,1H3/t21-,26+/m1/s1. The maximum Gasteiger partial charge on any atom is 0.419 e. The number of alkyl halides is 3. The zero-order valence-electron chi connectivity index (χ0n) is 21.9. The van der Waals surface area contributed by atoms with Gasteiger partial charge in [-0.25, -0.2) is 4.39 Å².